The highest BCUT2D eigenvalue weighted by atomic mass is 19.4. The summed E-state index contributed by atoms with van der Waals surface area (Å²) in [6.45, 7) is -0.352. The van der Waals surface area contributed by atoms with E-state index in [1.165, 1.54) is 0 Å². The quantitative estimate of drug-likeness (QED) is 0.328. The number of aliphatic hydroxyl groups excluding tert-OH is 1. The van der Waals surface area contributed by atoms with Crippen LogP contribution in [0.1, 0.15) is 29.5 Å². The number of carbonyl (C=O) groups is 1. The van der Waals surface area contributed by atoms with Crippen molar-refractivity contribution in [1.29, 1.82) is 5.41 Å². The summed E-state index contributed by atoms with van der Waals surface area (Å²) in [5.41, 5.74) is -5.61. The van der Waals surface area contributed by atoms with Gasteiger partial charge in [0.05, 0.1) is 23.3 Å². The number of ether oxygens (including phenoxy) is 1. The molecule has 1 aliphatic carbocycles. The zero-order valence-electron chi connectivity index (χ0n) is 18.6. The predicted octanol–water partition coefficient (Wildman–Crippen LogP) is 5.60. The van der Waals surface area contributed by atoms with Crippen LogP contribution in [0.15, 0.2) is 42.6 Å². The highest BCUT2D eigenvalue weighted by Gasteiger charge is 2.43. The number of nitrogens with zero attached hydrogens (tertiary/aromatic N) is 1. The zero-order valence-corrected chi connectivity index (χ0v) is 18.6. The summed E-state index contributed by atoms with van der Waals surface area (Å²) in [6.07, 6.45) is -9.49. The van der Waals surface area contributed by atoms with Gasteiger partial charge in [-0.3, -0.25) is 4.90 Å². The van der Waals surface area contributed by atoms with Gasteiger partial charge in [-0.15, -0.1) is 0 Å². The van der Waals surface area contributed by atoms with Crippen molar-refractivity contribution in [1.82, 2.24) is 5.32 Å². The topological polar surface area (TPSA) is 85.7 Å². The first-order chi connectivity index (χ1) is 16.7. The van der Waals surface area contributed by atoms with Crippen molar-refractivity contribution in [3.63, 3.8) is 0 Å². The number of halogens is 7. The van der Waals surface area contributed by atoms with Crippen molar-refractivity contribution in [3.05, 3.63) is 65.1 Å². The van der Waals surface area contributed by atoms with Crippen LogP contribution in [0.3, 0.4) is 0 Å². The van der Waals surface area contributed by atoms with Gasteiger partial charge in [-0.05, 0) is 49.2 Å². The van der Waals surface area contributed by atoms with Crippen molar-refractivity contribution in [2.45, 2.75) is 30.7 Å². The molecule has 2 aromatic carbocycles. The lowest BCUT2D eigenvalue weighted by molar-refractivity contribution is -0.143. The van der Waals surface area contributed by atoms with Gasteiger partial charge in [0.25, 0.3) is 0 Å². The predicted molar refractivity (Wildman–Crippen MR) is 116 cm³/mol. The van der Waals surface area contributed by atoms with Gasteiger partial charge in [0.1, 0.15) is 5.82 Å². The number of benzene rings is 2. The zero-order chi connectivity index (χ0) is 26.9. The van der Waals surface area contributed by atoms with Crippen LogP contribution in [0.25, 0.3) is 5.57 Å². The molecule has 0 radical (unpaired) electrons. The van der Waals surface area contributed by atoms with Crippen LogP contribution in [0.2, 0.25) is 0 Å². The van der Waals surface area contributed by atoms with Crippen molar-refractivity contribution in [2.75, 3.05) is 18.6 Å². The van der Waals surface area contributed by atoms with Crippen LogP contribution in [-0.2, 0) is 12.4 Å². The summed E-state index contributed by atoms with van der Waals surface area (Å²) in [4.78, 5) is 13.4. The Morgan fingerprint density at radius 2 is 1.75 bits per heavy atom. The fourth-order valence-corrected chi connectivity index (χ4v) is 3.18. The Hall–Kier alpha value is -3.61. The summed E-state index contributed by atoms with van der Waals surface area (Å²) in [6, 6.07) is 4.42. The summed E-state index contributed by atoms with van der Waals surface area (Å²) >= 11 is 0. The normalized spacial score (nSPS) is 15.3. The first kappa shape index (κ1) is 27.0. The first-order valence-electron chi connectivity index (χ1n) is 10.3. The van der Waals surface area contributed by atoms with E-state index in [-0.39, 0.29) is 18.4 Å². The average Bonchev–Trinajstić information content (AvgIpc) is 3.59. The fraction of sp³-hybridized carbons (Fsp3) is 0.304. The molecule has 2 aromatic rings. The Morgan fingerprint density at radius 1 is 1.14 bits per heavy atom. The van der Waals surface area contributed by atoms with Gasteiger partial charge in [0.15, 0.2) is 5.75 Å². The second-order valence-corrected chi connectivity index (χ2v) is 8.13. The maximum absolute atomic E-state index is 13.9. The van der Waals surface area contributed by atoms with E-state index in [2.05, 4.69) is 5.32 Å². The molecule has 0 spiro atoms. The summed E-state index contributed by atoms with van der Waals surface area (Å²) in [5, 5.41) is 19.7. The third-order valence-electron chi connectivity index (χ3n) is 5.56. The number of carbonyl (C=O) groups excluding carboxylic acids is 1. The molecular formula is C23H20F7N3O3. The van der Waals surface area contributed by atoms with E-state index in [1.54, 1.807) is 0 Å². The molecule has 36 heavy (non-hydrogen) atoms. The second kappa shape index (κ2) is 9.80. The molecule has 0 aliphatic heterocycles. The first-order valence-corrected chi connectivity index (χ1v) is 10.3. The lowest BCUT2D eigenvalue weighted by atomic mass is 9.98. The molecule has 1 amide bonds. The molecule has 3 rings (SSSR count). The number of hydrogen-bond acceptors (Lipinski definition) is 5. The van der Waals surface area contributed by atoms with Gasteiger partial charge >= 0.3 is 18.4 Å². The molecule has 3 N–H and O–H groups in total. The maximum Gasteiger partial charge on any atom is 0.420 e. The van der Waals surface area contributed by atoms with Crippen molar-refractivity contribution in [3.8, 4) is 5.75 Å². The minimum absolute atomic E-state index is 0.0338. The van der Waals surface area contributed by atoms with E-state index < -0.39 is 57.8 Å². The van der Waals surface area contributed by atoms with E-state index in [0.717, 1.165) is 42.4 Å². The lowest BCUT2D eigenvalue weighted by Crippen LogP contribution is -2.31. The molecule has 0 bridgehead atoms. The second-order valence-electron chi connectivity index (χ2n) is 8.13. The van der Waals surface area contributed by atoms with Gasteiger partial charge in [-0.2, -0.15) is 26.3 Å². The van der Waals surface area contributed by atoms with Gasteiger partial charge < -0.3 is 20.6 Å². The molecule has 0 aromatic heterocycles. The van der Waals surface area contributed by atoms with Crippen LogP contribution >= 0.6 is 0 Å². The molecule has 0 saturated heterocycles. The van der Waals surface area contributed by atoms with Crippen LogP contribution in [-0.4, -0.2) is 36.6 Å². The molecule has 1 saturated carbocycles. The fourth-order valence-electron chi connectivity index (χ4n) is 3.18. The number of anilines is 1. The monoisotopic (exact) mass is 519 g/mol. The Kier molecular flexibility index (Phi) is 7.35. The molecule has 13 heteroatoms. The number of allylic oxidation sites excluding steroid dienone is 1. The number of alkyl halides is 6. The Labute approximate surface area is 200 Å². The van der Waals surface area contributed by atoms with Crippen molar-refractivity contribution < 1.29 is 45.4 Å². The smallest absolute Gasteiger partial charge is 0.409 e. The number of nitrogens with one attached hydrogen (secondary N) is 2. The summed E-state index contributed by atoms with van der Waals surface area (Å²) < 4.78 is 100. The Balaban J connectivity index is 2.15. The number of rotatable bonds is 7. The SMILES string of the molecule is CN(C(=O)Oc1c(/C(C=N)=C/NC2(CO)CC2)cc(C(F)(F)F)cc1C(F)(F)F)c1ccc(F)cc1. The third kappa shape index (κ3) is 5.96. The van der Waals surface area contributed by atoms with Crippen LogP contribution in [0.5, 0.6) is 5.75 Å². The Bertz CT molecular complexity index is 1170. The van der Waals surface area contributed by atoms with Gasteiger partial charge in [-0.1, -0.05) is 0 Å². The van der Waals surface area contributed by atoms with Crippen molar-refractivity contribution >= 4 is 23.6 Å². The average molecular weight is 519 g/mol. The number of amides is 1. The van der Waals surface area contributed by atoms with Gasteiger partial charge in [0.2, 0.25) is 0 Å². The standard InChI is InChI=1S/C23H20F7N3O3/c1-33(16-4-2-15(24)3-5-16)20(35)36-19-17(13(10-31)11-32-21(12-34)6-7-21)8-14(22(25,26)27)9-18(19)23(28,29)30/h2-5,8-11,31-32,34H,6-7,12H2,1H3/b13-11+,31-10?. The molecule has 6 nitrogen and oxygen atoms in total. The molecule has 0 heterocycles. The van der Waals surface area contributed by atoms with E-state index in [4.69, 9.17) is 10.1 Å². The molecular weight excluding hydrogens is 499 g/mol. The molecule has 1 fully saturated rings. The van der Waals surface area contributed by atoms with Crippen LogP contribution in [0.4, 0.5) is 41.2 Å². The molecule has 1 aliphatic rings. The minimum Gasteiger partial charge on any atom is -0.409 e. The number of aliphatic hydroxyl groups is 1. The van der Waals surface area contributed by atoms with E-state index >= 15 is 0 Å². The maximum atomic E-state index is 13.9. The molecule has 0 atom stereocenters. The van der Waals surface area contributed by atoms with E-state index in [1.807, 2.05) is 0 Å². The lowest BCUT2D eigenvalue weighted by Gasteiger charge is -2.23. The summed E-state index contributed by atoms with van der Waals surface area (Å²) in [7, 11) is 1.11. The number of hydrogen-bond donors (Lipinski definition) is 3. The van der Waals surface area contributed by atoms with E-state index in [0.29, 0.717) is 25.1 Å². The van der Waals surface area contributed by atoms with Crippen LogP contribution in [0, 0.1) is 11.2 Å². The van der Waals surface area contributed by atoms with Gasteiger partial charge in [0, 0.05) is 36.3 Å². The van der Waals surface area contributed by atoms with Crippen LogP contribution < -0.4 is 15.0 Å². The van der Waals surface area contributed by atoms with E-state index in [9.17, 15) is 40.6 Å². The minimum atomic E-state index is -5.37. The van der Waals surface area contributed by atoms with Crippen molar-refractivity contribution in [2.24, 2.45) is 0 Å². The molecule has 194 valence electrons. The molecule has 0 unspecified atom stereocenters. The highest BCUT2D eigenvalue weighted by Crippen LogP contribution is 2.45. The van der Waals surface area contributed by atoms with Gasteiger partial charge in [-0.25, -0.2) is 9.18 Å². The summed E-state index contributed by atoms with van der Waals surface area (Å²) in [5.74, 6) is -1.89. The third-order valence-corrected chi connectivity index (χ3v) is 5.56. The Morgan fingerprint density at radius 3 is 2.22 bits per heavy atom. The highest BCUT2D eigenvalue weighted by molar-refractivity contribution is 6.10. The largest absolute Gasteiger partial charge is 0.420 e.